The molecule has 0 radical (unpaired) electrons. The van der Waals surface area contributed by atoms with Gasteiger partial charge in [0, 0.05) is 24.8 Å². The van der Waals surface area contributed by atoms with Gasteiger partial charge in [0.2, 0.25) is 5.91 Å². The molecule has 0 fully saturated rings. The molecule has 0 unspecified atom stereocenters. The number of carbonyl (C=O) groups is 1. The topological polar surface area (TPSA) is 90.7 Å². The summed E-state index contributed by atoms with van der Waals surface area (Å²) in [5, 5.41) is 13.4. The third-order valence-corrected chi connectivity index (χ3v) is 3.59. The minimum absolute atomic E-state index is 0.00967. The molecule has 0 saturated heterocycles. The largest absolute Gasteiger partial charge is 0.493 e. The molecular formula is C20H22N2O5. The van der Waals surface area contributed by atoms with E-state index in [-0.39, 0.29) is 17.7 Å². The quantitative estimate of drug-likeness (QED) is 0.434. The smallest absolute Gasteiger partial charge is 0.269 e. The molecule has 0 heterocycles. The van der Waals surface area contributed by atoms with Crippen molar-refractivity contribution in [2.75, 3.05) is 7.11 Å². The van der Waals surface area contributed by atoms with Crippen LogP contribution in [0.2, 0.25) is 0 Å². The number of nitrogens with zero attached hydrogens (tertiary/aromatic N) is 1. The number of nitro benzene ring substituents is 1. The SMILES string of the molecule is COc1cc(CNC(=O)/C=C/c2ccc([N+](=O)[O-])cc2)ccc1OC(C)C. The average molecular weight is 370 g/mol. The molecule has 7 heteroatoms. The molecule has 0 spiro atoms. The van der Waals surface area contributed by atoms with Gasteiger partial charge in [0.25, 0.3) is 5.69 Å². The summed E-state index contributed by atoms with van der Waals surface area (Å²) < 4.78 is 11.0. The predicted octanol–water partition coefficient (Wildman–Crippen LogP) is 3.72. The van der Waals surface area contributed by atoms with Gasteiger partial charge in [0.05, 0.1) is 18.1 Å². The number of benzene rings is 2. The van der Waals surface area contributed by atoms with Gasteiger partial charge < -0.3 is 14.8 Å². The monoisotopic (exact) mass is 370 g/mol. The molecule has 0 saturated carbocycles. The van der Waals surface area contributed by atoms with Crippen LogP contribution in [0.15, 0.2) is 48.5 Å². The minimum atomic E-state index is -0.466. The zero-order valence-corrected chi connectivity index (χ0v) is 15.5. The normalized spacial score (nSPS) is 10.8. The van der Waals surface area contributed by atoms with E-state index in [0.29, 0.717) is 23.6 Å². The number of amides is 1. The van der Waals surface area contributed by atoms with Crippen LogP contribution in [0.5, 0.6) is 11.5 Å². The lowest BCUT2D eigenvalue weighted by molar-refractivity contribution is -0.384. The Hall–Kier alpha value is -3.35. The fourth-order valence-electron chi connectivity index (χ4n) is 2.30. The van der Waals surface area contributed by atoms with Gasteiger partial charge in [-0.3, -0.25) is 14.9 Å². The van der Waals surface area contributed by atoms with Gasteiger partial charge in [-0.1, -0.05) is 6.07 Å². The summed E-state index contributed by atoms with van der Waals surface area (Å²) in [7, 11) is 1.57. The molecule has 0 aliphatic carbocycles. The van der Waals surface area contributed by atoms with Crippen LogP contribution >= 0.6 is 0 Å². The highest BCUT2D eigenvalue weighted by Crippen LogP contribution is 2.28. The first-order valence-electron chi connectivity index (χ1n) is 8.43. The highest BCUT2D eigenvalue weighted by Gasteiger charge is 2.08. The van der Waals surface area contributed by atoms with Crippen molar-refractivity contribution in [1.29, 1.82) is 0 Å². The minimum Gasteiger partial charge on any atom is -0.493 e. The zero-order chi connectivity index (χ0) is 19.8. The maximum absolute atomic E-state index is 12.0. The first-order valence-corrected chi connectivity index (χ1v) is 8.43. The summed E-state index contributed by atoms with van der Waals surface area (Å²) in [4.78, 5) is 22.1. The van der Waals surface area contributed by atoms with Crippen molar-refractivity contribution in [2.45, 2.75) is 26.5 Å². The van der Waals surface area contributed by atoms with E-state index in [1.54, 1.807) is 25.3 Å². The van der Waals surface area contributed by atoms with Gasteiger partial charge in [-0.2, -0.15) is 0 Å². The lowest BCUT2D eigenvalue weighted by Crippen LogP contribution is -2.20. The standard InChI is InChI=1S/C20H22N2O5/c1-14(2)27-18-10-6-16(12-19(18)26-3)13-21-20(23)11-7-15-4-8-17(9-5-15)22(24)25/h4-12,14H,13H2,1-3H3,(H,21,23)/b11-7+. The van der Waals surface area contributed by atoms with Gasteiger partial charge in [-0.25, -0.2) is 0 Å². The highest BCUT2D eigenvalue weighted by atomic mass is 16.6. The summed E-state index contributed by atoms with van der Waals surface area (Å²) in [5.74, 6) is 0.993. The summed E-state index contributed by atoms with van der Waals surface area (Å²) >= 11 is 0. The van der Waals surface area contributed by atoms with E-state index < -0.39 is 4.92 Å². The van der Waals surface area contributed by atoms with Gasteiger partial charge in [-0.15, -0.1) is 0 Å². The Morgan fingerprint density at radius 3 is 2.48 bits per heavy atom. The Kier molecular flexibility index (Phi) is 6.93. The number of rotatable bonds is 8. The molecule has 2 rings (SSSR count). The van der Waals surface area contributed by atoms with E-state index >= 15 is 0 Å². The molecule has 0 aliphatic heterocycles. The van der Waals surface area contributed by atoms with Crippen molar-refractivity contribution in [3.05, 3.63) is 69.8 Å². The summed E-state index contributed by atoms with van der Waals surface area (Å²) in [5.41, 5.74) is 1.59. The van der Waals surface area contributed by atoms with Gasteiger partial charge >= 0.3 is 0 Å². The van der Waals surface area contributed by atoms with Crippen molar-refractivity contribution in [3.8, 4) is 11.5 Å². The Morgan fingerprint density at radius 2 is 1.89 bits per heavy atom. The van der Waals surface area contributed by atoms with Crippen LogP contribution in [0.3, 0.4) is 0 Å². The second-order valence-corrected chi connectivity index (χ2v) is 6.05. The predicted molar refractivity (Wildman–Crippen MR) is 103 cm³/mol. The molecule has 1 N–H and O–H groups in total. The second-order valence-electron chi connectivity index (χ2n) is 6.05. The van der Waals surface area contributed by atoms with Gasteiger partial charge in [0.15, 0.2) is 11.5 Å². The van der Waals surface area contributed by atoms with E-state index in [1.807, 2.05) is 32.0 Å². The maximum Gasteiger partial charge on any atom is 0.269 e. The molecule has 27 heavy (non-hydrogen) atoms. The molecule has 0 aromatic heterocycles. The molecule has 0 bridgehead atoms. The number of methoxy groups -OCH3 is 1. The maximum atomic E-state index is 12.0. The van der Waals surface area contributed by atoms with E-state index in [2.05, 4.69) is 5.32 Å². The molecule has 2 aromatic rings. The van der Waals surface area contributed by atoms with Crippen LogP contribution in [0, 0.1) is 10.1 Å². The Labute approximate surface area is 157 Å². The van der Waals surface area contributed by atoms with Crippen LogP contribution in [-0.2, 0) is 11.3 Å². The lowest BCUT2D eigenvalue weighted by Gasteiger charge is -2.14. The van der Waals surface area contributed by atoms with E-state index in [0.717, 1.165) is 5.56 Å². The Balaban J connectivity index is 1.93. The number of nitrogens with one attached hydrogen (secondary N) is 1. The van der Waals surface area contributed by atoms with E-state index in [1.165, 1.54) is 18.2 Å². The van der Waals surface area contributed by atoms with Crippen LogP contribution < -0.4 is 14.8 Å². The van der Waals surface area contributed by atoms with Crippen LogP contribution in [0.4, 0.5) is 5.69 Å². The highest BCUT2D eigenvalue weighted by molar-refractivity contribution is 5.91. The Bertz CT molecular complexity index is 829. The van der Waals surface area contributed by atoms with Crippen molar-refractivity contribution in [3.63, 3.8) is 0 Å². The van der Waals surface area contributed by atoms with Crippen molar-refractivity contribution in [1.82, 2.24) is 5.32 Å². The van der Waals surface area contributed by atoms with E-state index in [4.69, 9.17) is 9.47 Å². The number of carbonyl (C=O) groups excluding carboxylic acids is 1. The van der Waals surface area contributed by atoms with E-state index in [9.17, 15) is 14.9 Å². The molecule has 0 aliphatic rings. The lowest BCUT2D eigenvalue weighted by atomic mass is 10.2. The Morgan fingerprint density at radius 1 is 1.19 bits per heavy atom. The summed E-state index contributed by atoms with van der Waals surface area (Å²) in [6.07, 6.45) is 3.02. The molecular weight excluding hydrogens is 348 g/mol. The number of ether oxygens (including phenoxy) is 2. The molecule has 0 atom stereocenters. The fraction of sp³-hybridized carbons (Fsp3) is 0.250. The van der Waals surface area contributed by atoms with Crippen molar-refractivity contribution < 1.29 is 19.2 Å². The molecule has 142 valence electrons. The third kappa shape index (κ3) is 6.14. The first-order chi connectivity index (χ1) is 12.9. The van der Waals surface area contributed by atoms with Crippen LogP contribution in [0.1, 0.15) is 25.0 Å². The van der Waals surface area contributed by atoms with Crippen LogP contribution in [-0.4, -0.2) is 24.0 Å². The number of nitro groups is 1. The number of non-ortho nitro benzene ring substituents is 1. The van der Waals surface area contributed by atoms with Crippen molar-refractivity contribution >= 4 is 17.7 Å². The number of hydrogen-bond donors (Lipinski definition) is 1. The van der Waals surface area contributed by atoms with Gasteiger partial charge in [-0.05, 0) is 55.3 Å². The van der Waals surface area contributed by atoms with Crippen molar-refractivity contribution in [2.24, 2.45) is 0 Å². The second kappa shape index (κ2) is 9.38. The fourth-order valence-corrected chi connectivity index (χ4v) is 2.30. The summed E-state index contributed by atoms with van der Waals surface area (Å²) in [6, 6.07) is 11.4. The molecule has 2 aromatic carbocycles. The number of hydrogen-bond acceptors (Lipinski definition) is 5. The van der Waals surface area contributed by atoms with Gasteiger partial charge in [0.1, 0.15) is 0 Å². The first kappa shape index (κ1) is 20.0. The van der Waals surface area contributed by atoms with Crippen LogP contribution in [0.25, 0.3) is 6.08 Å². The summed E-state index contributed by atoms with van der Waals surface area (Å²) in [6.45, 7) is 4.21. The molecule has 1 amide bonds. The third-order valence-electron chi connectivity index (χ3n) is 3.59. The average Bonchev–Trinajstić information content (AvgIpc) is 2.65. The zero-order valence-electron chi connectivity index (χ0n) is 15.5. The molecule has 7 nitrogen and oxygen atoms in total.